The Kier molecular flexibility index (Phi) is 5.25. The Labute approximate surface area is 183 Å². The molecule has 158 valence electrons. The summed E-state index contributed by atoms with van der Waals surface area (Å²) in [7, 11) is 0. The second-order valence-electron chi connectivity index (χ2n) is 7.90. The van der Waals surface area contributed by atoms with Gasteiger partial charge < -0.3 is 5.73 Å². The number of aromatic nitrogens is 3. The van der Waals surface area contributed by atoms with Crippen molar-refractivity contribution in [2.24, 2.45) is 5.73 Å². The summed E-state index contributed by atoms with van der Waals surface area (Å²) < 4.78 is 2.60. The minimum Gasteiger partial charge on any atom is -0.368 e. The van der Waals surface area contributed by atoms with E-state index in [1.807, 2.05) is 30.3 Å². The summed E-state index contributed by atoms with van der Waals surface area (Å²) in [5.41, 5.74) is 6.88. The van der Waals surface area contributed by atoms with E-state index < -0.39 is 5.91 Å². The van der Waals surface area contributed by atoms with Crippen LogP contribution >= 0.6 is 11.3 Å². The molecule has 0 aliphatic carbocycles. The van der Waals surface area contributed by atoms with E-state index in [1.54, 1.807) is 23.5 Å². The summed E-state index contributed by atoms with van der Waals surface area (Å²) in [6.07, 6.45) is 3.22. The maximum atomic E-state index is 13.1. The van der Waals surface area contributed by atoms with E-state index in [1.165, 1.54) is 9.27 Å². The molecule has 2 aromatic heterocycles. The van der Waals surface area contributed by atoms with Crippen molar-refractivity contribution < 1.29 is 4.79 Å². The lowest BCUT2D eigenvalue weighted by molar-refractivity contribution is -0.118. The smallest absolute Gasteiger partial charge is 0.261 e. The molecule has 7 nitrogen and oxygen atoms in total. The van der Waals surface area contributed by atoms with Crippen molar-refractivity contribution >= 4 is 38.4 Å². The van der Waals surface area contributed by atoms with Crippen LogP contribution in [-0.2, 0) is 17.9 Å². The van der Waals surface area contributed by atoms with Gasteiger partial charge in [0.05, 0.1) is 33.7 Å². The number of rotatable bonds is 5. The topological polar surface area (TPSA) is 94.1 Å². The van der Waals surface area contributed by atoms with Crippen LogP contribution in [0.3, 0.4) is 0 Å². The predicted octanol–water partition coefficient (Wildman–Crippen LogP) is 3.22. The highest BCUT2D eigenvalue weighted by molar-refractivity contribution is 7.18. The number of primary amides is 1. The number of nitrogens with zero attached hydrogens (tertiary/aromatic N) is 4. The molecule has 1 saturated heterocycles. The molecule has 1 aliphatic rings. The Balaban J connectivity index is 1.55. The van der Waals surface area contributed by atoms with E-state index in [-0.39, 0.29) is 18.1 Å². The van der Waals surface area contributed by atoms with Gasteiger partial charge in [-0.15, -0.1) is 11.3 Å². The van der Waals surface area contributed by atoms with E-state index in [0.717, 1.165) is 36.3 Å². The van der Waals surface area contributed by atoms with E-state index >= 15 is 0 Å². The van der Waals surface area contributed by atoms with Gasteiger partial charge in [0.25, 0.3) is 5.56 Å². The molecule has 31 heavy (non-hydrogen) atoms. The molecule has 0 saturated carbocycles. The number of likely N-dealkylation sites (tertiary alicyclic amines) is 1. The van der Waals surface area contributed by atoms with Crippen LogP contribution in [0.1, 0.15) is 36.1 Å². The first kappa shape index (κ1) is 19.8. The van der Waals surface area contributed by atoms with Crippen molar-refractivity contribution in [3.63, 3.8) is 0 Å². The highest BCUT2D eigenvalue weighted by atomic mass is 32.1. The predicted molar refractivity (Wildman–Crippen MR) is 122 cm³/mol. The zero-order valence-corrected chi connectivity index (χ0v) is 17.8. The molecule has 3 heterocycles. The summed E-state index contributed by atoms with van der Waals surface area (Å²) >= 11 is 1.72. The number of amides is 1. The quantitative estimate of drug-likeness (QED) is 0.522. The molecule has 0 bridgehead atoms. The SMILES string of the molecule is NC(=O)Cn1c(CN2CCCCC2c2nc3ccccc3s2)nc2ccccc2c1=O. The minimum absolute atomic E-state index is 0.163. The third-order valence-electron chi connectivity index (χ3n) is 5.81. The number of hydrogen-bond donors (Lipinski definition) is 1. The second-order valence-corrected chi connectivity index (χ2v) is 8.97. The van der Waals surface area contributed by atoms with Crippen molar-refractivity contribution in [3.05, 3.63) is 69.7 Å². The molecule has 1 unspecified atom stereocenters. The average Bonchev–Trinajstić information content (AvgIpc) is 3.21. The molecule has 5 rings (SSSR count). The number of piperidine rings is 1. The molecule has 1 atom stereocenters. The van der Waals surface area contributed by atoms with E-state index in [9.17, 15) is 9.59 Å². The fourth-order valence-electron chi connectivity index (χ4n) is 4.33. The number of benzene rings is 2. The Morgan fingerprint density at radius 1 is 1.06 bits per heavy atom. The molecule has 1 fully saturated rings. The zero-order chi connectivity index (χ0) is 21.4. The number of nitrogens with two attached hydrogens (primary N) is 1. The Morgan fingerprint density at radius 3 is 2.65 bits per heavy atom. The van der Waals surface area contributed by atoms with Gasteiger partial charge in [0.2, 0.25) is 5.91 Å². The lowest BCUT2D eigenvalue weighted by Gasteiger charge is -2.34. The van der Waals surface area contributed by atoms with Crippen LogP contribution in [0, 0.1) is 0 Å². The van der Waals surface area contributed by atoms with Crippen molar-refractivity contribution in [2.75, 3.05) is 6.54 Å². The Hall–Kier alpha value is -3.10. The first-order valence-corrected chi connectivity index (χ1v) is 11.3. The molecule has 2 aromatic carbocycles. The van der Waals surface area contributed by atoms with Gasteiger partial charge in [0, 0.05) is 0 Å². The highest BCUT2D eigenvalue weighted by Crippen LogP contribution is 2.36. The summed E-state index contributed by atoms with van der Waals surface area (Å²) in [5.74, 6) is 0.0114. The lowest BCUT2D eigenvalue weighted by Crippen LogP contribution is -2.37. The molecular weight excluding hydrogens is 410 g/mol. The highest BCUT2D eigenvalue weighted by Gasteiger charge is 2.28. The molecule has 4 aromatic rings. The van der Waals surface area contributed by atoms with Crippen molar-refractivity contribution in [1.82, 2.24) is 19.4 Å². The monoisotopic (exact) mass is 433 g/mol. The molecule has 1 amide bonds. The van der Waals surface area contributed by atoms with Gasteiger partial charge in [-0.25, -0.2) is 9.97 Å². The van der Waals surface area contributed by atoms with Crippen LogP contribution in [0.15, 0.2) is 53.3 Å². The van der Waals surface area contributed by atoms with Gasteiger partial charge in [-0.2, -0.15) is 0 Å². The number of carbonyl (C=O) groups excluding carboxylic acids is 1. The third kappa shape index (κ3) is 3.84. The van der Waals surface area contributed by atoms with Gasteiger partial charge in [-0.05, 0) is 43.7 Å². The fraction of sp³-hybridized carbons (Fsp3) is 0.304. The summed E-state index contributed by atoms with van der Waals surface area (Å²) in [6.45, 7) is 1.18. The van der Waals surface area contributed by atoms with Crippen LogP contribution in [0.4, 0.5) is 0 Å². The maximum Gasteiger partial charge on any atom is 0.261 e. The summed E-state index contributed by atoms with van der Waals surface area (Å²) in [4.78, 5) is 36.7. The zero-order valence-electron chi connectivity index (χ0n) is 17.0. The summed E-state index contributed by atoms with van der Waals surface area (Å²) in [6, 6.07) is 15.6. The van der Waals surface area contributed by atoms with Gasteiger partial charge in [-0.3, -0.25) is 19.1 Å². The van der Waals surface area contributed by atoms with Gasteiger partial charge in [0.1, 0.15) is 17.4 Å². The molecule has 0 spiro atoms. The number of fused-ring (bicyclic) bond motifs is 2. The summed E-state index contributed by atoms with van der Waals surface area (Å²) in [5, 5.41) is 1.58. The number of carbonyl (C=O) groups is 1. The van der Waals surface area contributed by atoms with Crippen molar-refractivity contribution in [1.29, 1.82) is 0 Å². The first-order chi connectivity index (χ1) is 15.1. The third-order valence-corrected chi connectivity index (χ3v) is 6.95. The first-order valence-electron chi connectivity index (χ1n) is 10.5. The van der Waals surface area contributed by atoms with Crippen LogP contribution < -0.4 is 11.3 Å². The Bertz CT molecular complexity index is 1300. The fourth-order valence-corrected chi connectivity index (χ4v) is 5.46. The largest absolute Gasteiger partial charge is 0.368 e. The van der Waals surface area contributed by atoms with Crippen LogP contribution in [0.25, 0.3) is 21.1 Å². The maximum absolute atomic E-state index is 13.1. The van der Waals surface area contributed by atoms with E-state index in [4.69, 9.17) is 15.7 Å². The normalized spacial score (nSPS) is 17.4. The van der Waals surface area contributed by atoms with Crippen LogP contribution in [0.5, 0.6) is 0 Å². The van der Waals surface area contributed by atoms with Crippen LogP contribution in [0.2, 0.25) is 0 Å². The van der Waals surface area contributed by atoms with Crippen LogP contribution in [-0.4, -0.2) is 31.9 Å². The minimum atomic E-state index is -0.554. The number of thiazole rings is 1. The lowest BCUT2D eigenvalue weighted by atomic mass is 10.0. The second kappa shape index (κ2) is 8.20. The van der Waals surface area contributed by atoms with E-state index in [0.29, 0.717) is 23.3 Å². The standard InChI is InChI=1S/C23H23N5O2S/c24-20(29)13-28-21(25-16-8-2-1-7-15(16)23(28)30)14-27-12-6-5-10-18(27)22-26-17-9-3-4-11-19(17)31-22/h1-4,7-9,11,18H,5-6,10,12-14H2,(H2,24,29). The molecule has 0 radical (unpaired) electrons. The number of hydrogen-bond acceptors (Lipinski definition) is 6. The molecular formula is C23H23N5O2S. The van der Waals surface area contributed by atoms with Gasteiger partial charge in [-0.1, -0.05) is 30.7 Å². The average molecular weight is 434 g/mol. The molecule has 8 heteroatoms. The molecule has 2 N–H and O–H groups in total. The van der Waals surface area contributed by atoms with Gasteiger partial charge >= 0.3 is 0 Å². The Morgan fingerprint density at radius 2 is 1.84 bits per heavy atom. The molecule has 1 aliphatic heterocycles. The number of para-hydroxylation sites is 2. The van der Waals surface area contributed by atoms with Gasteiger partial charge in [0.15, 0.2) is 0 Å². The van der Waals surface area contributed by atoms with Crippen molar-refractivity contribution in [2.45, 2.75) is 38.4 Å². The van der Waals surface area contributed by atoms with E-state index in [2.05, 4.69) is 11.0 Å². The van der Waals surface area contributed by atoms with Crippen molar-refractivity contribution in [3.8, 4) is 0 Å².